The zero-order valence-electron chi connectivity index (χ0n) is 19.7. The van der Waals surface area contributed by atoms with Gasteiger partial charge in [0.1, 0.15) is 18.1 Å². The fourth-order valence-electron chi connectivity index (χ4n) is 3.42. The third kappa shape index (κ3) is 8.73. The molecule has 0 aromatic heterocycles. The Kier molecular flexibility index (Phi) is 12.6. The van der Waals surface area contributed by atoms with Crippen LogP contribution in [0, 0.1) is 5.82 Å². The molecule has 2 atom stereocenters. The second-order valence-electron chi connectivity index (χ2n) is 7.67. The van der Waals surface area contributed by atoms with Crippen molar-refractivity contribution in [3.05, 3.63) is 70.5 Å². The van der Waals surface area contributed by atoms with Gasteiger partial charge in [-0.15, -0.1) is 0 Å². The smallest absolute Gasteiger partial charge is 0.320 e. The topological polar surface area (TPSA) is 124 Å². The normalized spacial score (nSPS) is 15.0. The molecule has 2 aromatic rings. The Labute approximate surface area is 219 Å². The van der Waals surface area contributed by atoms with E-state index in [1.807, 2.05) is 31.4 Å². The molecule has 0 saturated heterocycles. The van der Waals surface area contributed by atoms with Gasteiger partial charge in [-0.2, -0.15) is 25.3 Å². The van der Waals surface area contributed by atoms with Crippen molar-refractivity contribution in [3.8, 4) is 0 Å². The molecule has 0 fully saturated rings. The minimum Gasteiger partial charge on any atom is -0.612 e. The minimum atomic E-state index is -1.04. The van der Waals surface area contributed by atoms with Crippen molar-refractivity contribution < 1.29 is 28.7 Å². The van der Waals surface area contributed by atoms with Crippen LogP contribution in [-0.2, 0) is 20.8 Å². The Morgan fingerprint density at radius 1 is 1.17 bits per heavy atom. The van der Waals surface area contributed by atoms with E-state index < -0.39 is 29.2 Å². The number of allylic oxidation sites excluding steroid dienone is 2. The van der Waals surface area contributed by atoms with Crippen molar-refractivity contribution >= 4 is 65.6 Å². The molecule has 2 aromatic carbocycles. The summed E-state index contributed by atoms with van der Waals surface area (Å²) in [5.41, 5.74) is 9.93. The Morgan fingerprint density at radius 2 is 1.80 bits per heavy atom. The summed E-state index contributed by atoms with van der Waals surface area (Å²) in [4.78, 5) is 22.0. The summed E-state index contributed by atoms with van der Waals surface area (Å²) in [5, 5.41) is 17.4. The van der Waals surface area contributed by atoms with Crippen molar-refractivity contribution in [1.29, 1.82) is 0 Å². The summed E-state index contributed by atoms with van der Waals surface area (Å²) < 4.78 is 25.1. The highest BCUT2D eigenvalue weighted by Gasteiger charge is 2.25. The minimum absolute atomic E-state index is 0. The van der Waals surface area contributed by atoms with Crippen LogP contribution >= 0.6 is 25.3 Å². The van der Waals surface area contributed by atoms with Crippen LogP contribution in [0.25, 0.3) is 17.2 Å². The maximum atomic E-state index is 13.7. The zero-order chi connectivity index (χ0) is 25.4. The predicted molar refractivity (Wildman–Crippen MR) is 147 cm³/mol. The highest BCUT2D eigenvalue weighted by molar-refractivity contribution is 7.98. The summed E-state index contributed by atoms with van der Waals surface area (Å²) in [6.45, 7) is 1.86. The van der Waals surface area contributed by atoms with Crippen LogP contribution in [0.2, 0.25) is 0 Å². The fraction of sp³-hybridized carbons (Fsp3) is 0.280. The van der Waals surface area contributed by atoms with Gasteiger partial charge in [-0.05, 0) is 112 Å². The highest BCUT2D eigenvalue weighted by atomic mass is 32.2. The summed E-state index contributed by atoms with van der Waals surface area (Å²) in [5.74, 6) is -1.43. The summed E-state index contributed by atoms with van der Waals surface area (Å²) in [6.07, 6.45) is 5.90. The van der Waals surface area contributed by atoms with Gasteiger partial charge in [0.15, 0.2) is 4.90 Å². The number of benzene rings is 2. The Balaban J connectivity index is 0.000000526. The lowest BCUT2D eigenvalue weighted by atomic mass is 10.0. The molecule has 35 heavy (non-hydrogen) atoms. The van der Waals surface area contributed by atoms with Crippen LogP contribution < -0.4 is 5.73 Å². The first-order valence-electron chi connectivity index (χ1n) is 10.4. The standard InChI is InChI=1S/C20H17FO3S.C5H11NO2S.H2S/c1-12-17(9-13-3-6-15(7-4-13)25(2)24)16-8-5-14(21)10-19(16)18(12)11-20(22)23;1-9-3-2-4(6)5(7)8;/h3-10H,11H2,1-2H3,(H,22,23);4H,2-3,6H2,1H3,(H,7,8);1H2/b17-9-;;. The second kappa shape index (κ2) is 14.4. The van der Waals surface area contributed by atoms with Crippen LogP contribution in [0.15, 0.2) is 52.9 Å². The van der Waals surface area contributed by atoms with Crippen LogP contribution in [0.1, 0.15) is 36.5 Å². The van der Waals surface area contributed by atoms with E-state index >= 15 is 0 Å². The molecule has 3 rings (SSSR count). The van der Waals surface area contributed by atoms with Crippen molar-refractivity contribution in [2.24, 2.45) is 5.73 Å². The number of aliphatic carboxylic acids is 2. The van der Waals surface area contributed by atoms with Crippen molar-refractivity contribution in [3.63, 3.8) is 0 Å². The van der Waals surface area contributed by atoms with Gasteiger partial charge in [-0.25, -0.2) is 4.39 Å². The van der Waals surface area contributed by atoms with E-state index in [4.69, 9.17) is 15.9 Å². The molecule has 190 valence electrons. The van der Waals surface area contributed by atoms with Crippen LogP contribution in [0.4, 0.5) is 4.39 Å². The molecule has 0 saturated carbocycles. The van der Waals surface area contributed by atoms with Gasteiger partial charge in [-0.3, -0.25) is 9.59 Å². The van der Waals surface area contributed by atoms with E-state index in [0.717, 1.165) is 32.9 Å². The number of rotatable bonds is 8. The molecule has 0 amide bonds. The van der Waals surface area contributed by atoms with Crippen LogP contribution in [0.5, 0.6) is 0 Å². The fourth-order valence-corrected chi connectivity index (χ4v) is 4.43. The second-order valence-corrected chi connectivity index (χ2v) is 10.0. The molecule has 6 nitrogen and oxygen atoms in total. The molecule has 0 radical (unpaired) electrons. The molecule has 0 aliphatic heterocycles. The SMILES string of the molecule is CC1=C(CC(=O)O)c2cc(F)ccc2/C1=C\c1ccc([S+](C)[O-])cc1.CSCCC(N)C(=O)O.S. The molecule has 1 aliphatic carbocycles. The maximum absolute atomic E-state index is 13.7. The first-order chi connectivity index (χ1) is 16.0. The molecule has 10 heteroatoms. The van der Waals surface area contributed by atoms with E-state index in [1.165, 1.54) is 12.1 Å². The van der Waals surface area contributed by atoms with E-state index in [0.29, 0.717) is 17.6 Å². The Hall–Kier alpha value is -2.24. The molecular weight excluding hydrogens is 509 g/mol. The monoisotopic (exact) mass is 539 g/mol. The maximum Gasteiger partial charge on any atom is 0.320 e. The number of carbonyl (C=O) groups is 2. The Morgan fingerprint density at radius 3 is 2.31 bits per heavy atom. The van der Waals surface area contributed by atoms with Crippen molar-refractivity contribution in [2.45, 2.75) is 30.7 Å². The number of hydrogen-bond donors (Lipinski definition) is 3. The average molecular weight is 540 g/mol. The van der Waals surface area contributed by atoms with E-state index in [-0.39, 0.29) is 25.7 Å². The third-order valence-electron chi connectivity index (χ3n) is 5.25. The van der Waals surface area contributed by atoms with Crippen molar-refractivity contribution in [2.75, 3.05) is 18.3 Å². The number of hydrogen-bond acceptors (Lipinski definition) is 5. The first kappa shape index (κ1) is 30.8. The average Bonchev–Trinajstić information content (AvgIpc) is 3.03. The quantitative estimate of drug-likeness (QED) is 0.418. The molecule has 0 heterocycles. The van der Waals surface area contributed by atoms with E-state index in [2.05, 4.69) is 0 Å². The van der Waals surface area contributed by atoms with E-state index in [1.54, 1.807) is 36.2 Å². The number of carboxylic acid groups (broad SMARTS) is 2. The predicted octanol–water partition coefficient (Wildman–Crippen LogP) is 4.63. The third-order valence-corrected chi connectivity index (χ3v) is 6.83. The molecule has 1 aliphatic rings. The lowest BCUT2D eigenvalue weighted by Gasteiger charge is -2.06. The van der Waals surface area contributed by atoms with Gasteiger partial charge in [0, 0.05) is 0 Å². The Bertz CT molecular complexity index is 1100. The number of fused-ring (bicyclic) bond motifs is 1. The molecule has 2 unspecified atom stereocenters. The molecule has 4 N–H and O–H groups in total. The first-order valence-corrected chi connectivity index (χ1v) is 13.3. The summed E-state index contributed by atoms with van der Waals surface area (Å²) in [6, 6.07) is 11.1. The van der Waals surface area contributed by atoms with Gasteiger partial charge in [0.2, 0.25) is 0 Å². The highest BCUT2D eigenvalue weighted by Crippen LogP contribution is 2.43. The molecule has 0 bridgehead atoms. The van der Waals surface area contributed by atoms with Crippen LogP contribution in [-0.4, -0.2) is 51.0 Å². The van der Waals surface area contributed by atoms with Gasteiger partial charge in [0.05, 0.1) is 6.42 Å². The van der Waals surface area contributed by atoms with Gasteiger partial charge < -0.3 is 20.5 Å². The largest absolute Gasteiger partial charge is 0.612 e. The summed E-state index contributed by atoms with van der Waals surface area (Å²) >= 11 is 0.568. The summed E-state index contributed by atoms with van der Waals surface area (Å²) in [7, 11) is 0. The number of nitrogens with two attached hydrogens (primary N) is 1. The van der Waals surface area contributed by atoms with Gasteiger partial charge in [0.25, 0.3) is 0 Å². The van der Waals surface area contributed by atoms with Gasteiger partial charge >= 0.3 is 11.9 Å². The number of carboxylic acids is 2. The van der Waals surface area contributed by atoms with Gasteiger partial charge in [-0.1, -0.05) is 6.07 Å². The van der Waals surface area contributed by atoms with E-state index in [9.17, 15) is 18.5 Å². The number of halogens is 1. The molecular formula is C25H30FNO5S3. The lowest BCUT2D eigenvalue weighted by molar-refractivity contribution is -0.138. The van der Waals surface area contributed by atoms with Crippen LogP contribution in [0.3, 0.4) is 0 Å². The molecule has 0 spiro atoms. The number of thioether (sulfide) groups is 1. The van der Waals surface area contributed by atoms with Crippen molar-refractivity contribution in [1.82, 2.24) is 0 Å². The lowest BCUT2D eigenvalue weighted by Crippen LogP contribution is -2.30. The zero-order valence-corrected chi connectivity index (χ0v) is 22.3.